The molecule has 0 aromatic carbocycles. The number of methoxy groups -OCH3 is 7. The smallest absolute Gasteiger partial charge is 0.340 e. The van der Waals surface area contributed by atoms with Gasteiger partial charge >= 0.3 is 23.9 Å². The van der Waals surface area contributed by atoms with Gasteiger partial charge in [-0.1, -0.05) is 60.1 Å². The molecular formula is C51H82O18. The Morgan fingerprint density at radius 3 is 1.99 bits per heavy atom. The maximum Gasteiger partial charge on any atom is 0.340 e. The lowest BCUT2D eigenvalue weighted by atomic mass is 9.33. The fourth-order valence-corrected chi connectivity index (χ4v) is 14.3. The van der Waals surface area contributed by atoms with Crippen molar-refractivity contribution in [1.29, 1.82) is 0 Å². The van der Waals surface area contributed by atoms with Crippen molar-refractivity contribution in [1.82, 2.24) is 0 Å². The third-order valence-corrected chi connectivity index (χ3v) is 18.1. The molecule has 5 fully saturated rings. The molecule has 0 aromatic heterocycles. The van der Waals surface area contributed by atoms with Crippen molar-refractivity contribution >= 4 is 23.9 Å². The summed E-state index contributed by atoms with van der Waals surface area (Å²) in [6, 6.07) is 0. The zero-order chi connectivity index (χ0) is 50.7. The minimum atomic E-state index is -1.70. The van der Waals surface area contributed by atoms with Crippen molar-refractivity contribution in [2.45, 2.75) is 162 Å². The maximum atomic E-state index is 13.8. The van der Waals surface area contributed by atoms with Gasteiger partial charge in [0, 0.05) is 21.3 Å². The first-order valence-corrected chi connectivity index (χ1v) is 24.5. The molecule has 0 amide bonds. The summed E-state index contributed by atoms with van der Waals surface area (Å²) in [6.45, 7) is 15.1. The predicted molar refractivity (Wildman–Crippen MR) is 245 cm³/mol. The molecule has 4 saturated carbocycles. The first-order valence-electron chi connectivity index (χ1n) is 24.5. The van der Waals surface area contributed by atoms with E-state index in [2.05, 4.69) is 54.5 Å². The molecule has 6 rings (SSSR count). The van der Waals surface area contributed by atoms with Gasteiger partial charge in [0.05, 0.1) is 40.0 Å². The molecule has 6 aliphatic rings. The van der Waals surface area contributed by atoms with Gasteiger partial charge in [0.1, 0.15) is 45.3 Å². The fraction of sp³-hybridized carbons (Fsp3) is 0.882. The molecule has 394 valence electrons. The Balaban J connectivity index is 1.34. The summed E-state index contributed by atoms with van der Waals surface area (Å²) < 4.78 is 80.9. The Morgan fingerprint density at radius 2 is 1.36 bits per heavy atom. The van der Waals surface area contributed by atoms with E-state index in [-0.39, 0.29) is 59.8 Å². The number of rotatable bonds is 20. The van der Waals surface area contributed by atoms with Gasteiger partial charge in [-0.3, -0.25) is 4.79 Å². The third-order valence-electron chi connectivity index (χ3n) is 18.1. The van der Waals surface area contributed by atoms with Crippen molar-refractivity contribution < 1.29 is 85.5 Å². The van der Waals surface area contributed by atoms with E-state index in [1.807, 2.05) is 0 Å². The molecule has 18 nitrogen and oxygen atoms in total. The summed E-state index contributed by atoms with van der Waals surface area (Å²) in [7, 11) is 9.31. The molecule has 0 bridgehead atoms. The topological polar surface area (TPSA) is 198 Å². The van der Waals surface area contributed by atoms with E-state index < -0.39 is 84.5 Å². The van der Waals surface area contributed by atoms with Gasteiger partial charge in [-0.05, 0) is 109 Å². The average Bonchev–Trinajstić information content (AvgIpc) is 3.32. The first-order chi connectivity index (χ1) is 32.6. The molecule has 18 heteroatoms. The van der Waals surface area contributed by atoms with Crippen LogP contribution in [0.5, 0.6) is 0 Å². The van der Waals surface area contributed by atoms with E-state index in [4.69, 9.17) is 66.3 Å². The van der Waals surface area contributed by atoms with Crippen LogP contribution < -0.4 is 0 Å². The minimum absolute atomic E-state index is 0.0153. The Labute approximate surface area is 408 Å². The molecule has 1 heterocycles. The van der Waals surface area contributed by atoms with Crippen LogP contribution in [0.3, 0.4) is 0 Å². The number of ether oxygens (including phenoxy) is 14. The quantitative estimate of drug-likeness (QED) is 0.0434. The largest absolute Gasteiger partial charge is 0.469 e. The van der Waals surface area contributed by atoms with Crippen molar-refractivity contribution in [3.8, 4) is 0 Å². The minimum Gasteiger partial charge on any atom is -0.469 e. The van der Waals surface area contributed by atoms with Crippen LogP contribution in [0.25, 0.3) is 0 Å². The monoisotopic (exact) mass is 983 g/mol. The first kappa shape index (κ1) is 55.5. The van der Waals surface area contributed by atoms with E-state index >= 15 is 0 Å². The molecular weight excluding hydrogens is 901 g/mol. The second-order valence-electron chi connectivity index (χ2n) is 22.2. The summed E-state index contributed by atoms with van der Waals surface area (Å²) in [4.78, 5) is 53.3. The number of hydrogen-bond donors (Lipinski definition) is 0. The van der Waals surface area contributed by atoms with Gasteiger partial charge in [-0.25, -0.2) is 14.4 Å². The van der Waals surface area contributed by atoms with Gasteiger partial charge in [0.15, 0.2) is 18.7 Å². The summed E-state index contributed by atoms with van der Waals surface area (Å²) in [5, 5.41) is 0. The molecule has 1 saturated heterocycles. The number of allylic oxidation sites excluding steroid dienone is 2. The average molecular weight is 983 g/mol. The standard InChI is InChI=1S/C51H82O18/c1-46(2)21-23-51(45(55)62-14)24-22-49(6)30(31(51)25-46)15-16-33-48(5)19-18-34(47(3,4)32(48)17-20-50(33,49)7)67-44-39(65-28-57-9)37(36(64-27-56-8)38(69-44)41(53)60-12)68-43(63-26-35(52)59-11)40(42(54)61-13)66-29-58-10/h15,31-34,36-40,43-44H,16-29H2,1-14H3/t31-,32-,33+,34-,36-,37-,38-,39+,40-,43-,44+,48-,49+,50+,51-/m0/s1. The van der Waals surface area contributed by atoms with Crippen molar-refractivity contribution in [3.05, 3.63) is 11.6 Å². The summed E-state index contributed by atoms with van der Waals surface area (Å²) in [5.41, 5.74) is 0.533. The molecule has 0 spiro atoms. The third kappa shape index (κ3) is 10.3. The van der Waals surface area contributed by atoms with Crippen molar-refractivity contribution in [2.24, 2.45) is 50.2 Å². The van der Waals surface area contributed by atoms with E-state index in [0.29, 0.717) is 12.3 Å². The van der Waals surface area contributed by atoms with Crippen LogP contribution in [0.15, 0.2) is 11.6 Å². The van der Waals surface area contributed by atoms with E-state index in [9.17, 15) is 19.2 Å². The van der Waals surface area contributed by atoms with Crippen LogP contribution in [0, 0.1) is 50.2 Å². The highest BCUT2D eigenvalue weighted by atomic mass is 16.8. The summed E-state index contributed by atoms with van der Waals surface area (Å²) in [6.07, 6.45) is 1.22. The zero-order valence-electron chi connectivity index (χ0n) is 43.7. The highest BCUT2D eigenvalue weighted by Crippen LogP contribution is 2.76. The SMILES string of the molecule is COCO[C@H]1[C@H](O[C@H]2CC[C@]3(C)[C@H]4CC=C5[C@@H]6CC(C)(C)CC[C@]6(C(=O)OC)CC[C@@]5(C)[C@]4(C)CC[C@H]3C2(C)C)O[C@H](C(=O)OC)[C@@H](OCOC)[C@@H]1O[C@H](OCC(=O)OC)[C@@H](OCOC)C(=O)OC. The Kier molecular flexibility index (Phi) is 17.8. The Morgan fingerprint density at radius 1 is 0.696 bits per heavy atom. The highest BCUT2D eigenvalue weighted by molar-refractivity contribution is 5.79. The van der Waals surface area contributed by atoms with Crippen molar-refractivity contribution in [2.75, 3.05) is 76.8 Å². The maximum absolute atomic E-state index is 13.8. The zero-order valence-corrected chi connectivity index (χ0v) is 43.7. The molecule has 15 atom stereocenters. The number of carbonyl (C=O) groups excluding carboxylic acids is 4. The molecule has 0 unspecified atom stereocenters. The normalized spacial score (nSPS) is 38.6. The second-order valence-corrected chi connectivity index (χ2v) is 22.2. The molecule has 1 aliphatic heterocycles. The fourth-order valence-electron chi connectivity index (χ4n) is 14.3. The van der Waals surface area contributed by atoms with Crippen LogP contribution >= 0.6 is 0 Å². The number of carbonyl (C=O) groups is 4. The molecule has 0 radical (unpaired) electrons. The molecule has 0 aromatic rings. The van der Waals surface area contributed by atoms with Gasteiger partial charge in [-0.2, -0.15) is 0 Å². The Bertz CT molecular complexity index is 1840. The van der Waals surface area contributed by atoms with Crippen LogP contribution in [0.2, 0.25) is 0 Å². The number of fused-ring (bicyclic) bond motifs is 7. The van der Waals surface area contributed by atoms with Gasteiger partial charge in [0.2, 0.25) is 6.10 Å². The molecule has 69 heavy (non-hydrogen) atoms. The summed E-state index contributed by atoms with van der Waals surface area (Å²) >= 11 is 0. The lowest BCUT2D eigenvalue weighted by Gasteiger charge is -2.71. The van der Waals surface area contributed by atoms with Gasteiger partial charge < -0.3 is 66.3 Å². The van der Waals surface area contributed by atoms with Crippen LogP contribution in [0.1, 0.15) is 113 Å². The van der Waals surface area contributed by atoms with Gasteiger partial charge in [-0.15, -0.1) is 0 Å². The Hall–Kier alpha value is -2.78. The van der Waals surface area contributed by atoms with Crippen molar-refractivity contribution in [3.63, 3.8) is 0 Å². The molecule has 5 aliphatic carbocycles. The van der Waals surface area contributed by atoms with Crippen LogP contribution in [0.4, 0.5) is 0 Å². The lowest BCUT2D eigenvalue weighted by Crippen LogP contribution is -2.67. The highest BCUT2D eigenvalue weighted by Gasteiger charge is 2.70. The molecule has 0 N–H and O–H groups in total. The van der Waals surface area contributed by atoms with E-state index in [1.54, 1.807) is 7.11 Å². The van der Waals surface area contributed by atoms with Gasteiger partial charge in [0.25, 0.3) is 0 Å². The van der Waals surface area contributed by atoms with Crippen LogP contribution in [-0.2, 0) is 85.5 Å². The lowest BCUT2D eigenvalue weighted by molar-refractivity contribution is -0.366. The number of esters is 4. The second kappa shape index (κ2) is 22.1. The predicted octanol–water partition coefficient (Wildman–Crippen LogP) is 6.29. The van der Waals surface area contributed by atoms with E-state index in [1.165, 1.54) is 41.1 Å². The summed E-state index contributed by atoms with van der Waals surface area (Å²) in [5.74, 6) is -1.80. The number of hydrogen-bond acceptors (Lipinski definition) is 18. The van der Waals surface area contributed by atoms with E-state index in [0.717, 1.165) is 64.9 Å². The van der Waals surface area contributed by atoms with Crippen LogP contribution in [-0.4, -0.2) is 150 Å².